The third-order valence-corrected chi connectivity index (χ3v) is 6.00. The number of aryl methyl sites for hydroxylation is 1. The van der Waals surface area contributed by atoms with Gasteiger partial charge in [-0.15, -0.1) is 0 Å². The highest BCUT2D eigenvalue weighted by Gasteiger charge is 2.45. The molecule has 1 aliphatic carbocycles. The van der Waals surface area contributed by atoms with Crippen molar-refractivity contribution < 1.29 is 0 Å². The average molecular weight is 362 g/mol. The van der Waals surface area contributed by atoms with Crippen molar-refractivity contribution in [3.63, 3.8) is 0 Å². The number of anilines is 2. The minimum absolute atomic E-state index is 0.390. The lowest BCUT2D eigenvalue weighted by Gasteiger charge is -2.34. The molecule has 0 bridgehead atoms. The molecule has 2 heteroatoms. The summed E-state index contributed by atoms with van der Waals surface area (Å²) in [7, 11) is 0. The molecule has 0 radical (unpaired) electrons. The molecule has 0 fully saturated rings. The van der Waals surface area contributed by atoms with Gasteiger partial charge >= 0.3 is 0 Å². The number of nitrogen functional groups attached to an aromatic ring is 2. The van der Waals surface area contributed by atoms with Crippen molar-refractivity contribution in [3.8, 4) is 11.1 Å². The molecular weight excluding hydrogens is 340 g/mol. The standard InChI is InChI=1S/C26H22N2/c1-17-16-19(12-15-25(17)28)26(18-10-13-20(27)14-11-18)23-8-4-2-6-21(23)22-7-3-5-9-24(22)26/h2-16H,27-28H2,1H3. The van der Waals surface area contributed by atoms with Crippen molar-refractivity contribution in [3.05, 3.63) is 119 Å². The van der Waals surface area contributed by atoms with Gasteiger partial charge in [-0.1, -0.05) is 72.8 Å². The van der Waals surface area contributed by atoms with Gasteiger partial charge < -0.3 is 11.5 Å². The van der Waals surface area contributed by atoms with Crippen LogP contribution in [0.5, 0.6) is 0 Å². The second-order valence-corrected chi connectivity index (χ2v) is 7.53. The molecular formula is C26H22N2. The molecule has 2 nitrogen and oxygen atoms in total. The summed E-state index contributed by atoms with van der Waals surface area (Å²) in [5.41, 5.74) is 22.1. The van der Waals surface area contributed by atoms with Crippen LogP contribution < -0.4 is 11.5 Å². The Labute approximate surface area is 165 Å². The van der Waals surface area contributed by atoms with Gasteiger partial charge in [-0.25, -0.2) is 0 Å². The number of rotatable bonds is 2. The first kappa shape index (κ1) is 16.6. The minimum Gasteiger partial charge on any atom is -0.399 e. The van der Waals surface area contributed by atoms with E-state index in [-0.39, 0.29) is 5.41 Å². The maximum atomic E-state index is 6.16. The number of hydrogen-bond acceptors (Lipinski definition) is 2. The zero-order chi connectivity index (χ0) is 19.3. The fourth-order valence-electron chi connectivity index (χ4n) is 4.67. The normalized spacial score (nSPS) is 13.8. The van der Waals surface area contributed by atoms with Crippen LogP contribution in [-0.2, 0) is 5.41 Å². The first-order valence-electron chi connectivity index (χ1n) is 9.54. The van der Waals surface area contributed by atoms with Crippen LogP contribution in [0.1, 0.15) is 27.8 Å². The molecule has 5 rings (SSSR count). The fraction of sp³-hybridized carbons (Fsp3) is 0.0769. The SMILES string of the molecule is Cc1cc(C2(c3ccc(N)cc3)c3ccccc3-c3ccccc32)ccc1N. The van der Waals surface area contributed by atoms with Crippen molar-refractivity contribution in [2.24, 2.45) is 0 Å². The lowest BCUT2D eigenvalue weighted by atomic mass is 9.67. The zero-order valence-corrected chi connectivity index (χ0v) is 15.8. The predicted molar refractivity (Wildman–Crippen MR) is 117 cm³/mol. The van der Waals surface area contributed by atoms with E-state index in [1.54, 1.807) is 0 Å². The Morgan fingerprint density at radius 2 is 1.14 bits per heavy atom. The summed E-state index contributed by atoms with van der Waals surface area (Å²) in [6.07, 6.45) is 0. The van der Waals surface area contributed by atoms with Gasteiger partial charge in [0.25, 0.3) is 0 Å². The highest BCUT2D eigenvalue weighted by atomic mass is 14.6. The lowest BCUT2D eigenvalue weighted by Crippen LogP contribution is -2.28. The Bertz CT molecular complexity index is 1140. The van der Waals surface area contributed by atoms with Gasteiger partial charge in [0.05, 0.1) is 5.41 Å². The molecule has 136 valence electrons. The highest BCUT2D eigenvalue weighted by molar-refractivity contribution is 5.86. The molecule has 0 heterocycles. The van der Waals surface area contributed by atoms with E-state index in [2.05, 4.69) is 79.7 Å². The molecule has 4 aromatic carbocycles. The average Bonchev–Trinajstić information content (AvgIpc) is 3.02. The molecule has 0 amide bonds. The third-order valence-electron chi connectivity index (χ3n) is 6.00. The molecule has 0 atom stereocenters. The maximum absolute atomic E-state index is 6.16. The summed E-state index contributed by atoms with van der Waals surface area (Å²) >= 11 is 0. The highest BCUT2D eigenvalue weighted by Crippen LogP contribution is 2.56. The molecule has 0 aliphatic heterocycles. The van der Waals surface area contributed by atoms with Crippen LogP contribution in [0.15, 0.2) is 91.0 Å². The summed E-state index contributed by atoms with van der Waals surface area (Å²) in [4.78, 5) is 0. The molecule has 0 unspecified atom stereocenters. The molecule has 4 aromatic rings. The maximum Gasteiger partial charge on any atom is 0.0713 e. The van der Waals surface area contributed by atoms with E-state index < -0.39 is 0 Å². The second-order valence-electron chi connectivity index (χ2n) is 7.53. The largest absolute Gasteiger partial charge is 0.399 e. The minimum atomic E-state index is -0.390. The van der Waals surface area contributed by atoms with E-state index in [0.29, 0.717) is 0 Å². The predicted octanol–water partition coefficient (Wildman–Crippen LogP) is 5.52. The second kappa shape index (κ2) is 6.00. The van der Waals surface area contributed by atoms with Gasteiger partial charge in [0.1, 0.15) is 0 Å². The van der Waals surface area contributed by atoms with Crippen LogP contribution in [0.2, 0.25) is 0 Å². The number of hydrogen-bond donors (Lipinski definition) is 2. The Morgan fingerprint density at radius 3 is 1.71 bits per heavy atom. The van der Waals surface area contributed by atoms with Gasteiger partial charge in [-0.3, -0.25) is 0 Å². The Kier molecular flexibility index (Phi) is 3.56. The van der Waals surface area contributed by atoms with Crippen molar-refractivity contribution in [2.75, 3.05) is 11.5 Å². The monoisotopic (exact) mass is 362 g/mol. The van der Waals surface area contributed by atoms with Gasteiger partial charge in [0, 0.05) is 11.4 Å². The van der Waals surface area contributed by atoms with Crippen molar-refractivity contribution >= 4 is 11.4 Å². The Morgan fingerprint density at radius 1 is 0.607 bits per heavy atom. The zero-order valence-electron chi connectivity index (χ0n) is 15.8. The van der Waals surface area contributed by atoms with Gasteiger partial charge in [-0.05, 0) is 64.1 Å². The summed E-state index contributed by atoms with van der Waals surface area (Å²) < 4.78 is 0. The van der Waals surface area contributed by atoms with Crippen LogP contribution in [0.25, 0.3) is 11.1 Å². The van der Waals surface area contributed by atoms with E-state index in [1.165, 1.54) is 33.4 Å². The molecule has 0 aromatic heterocycles. The molecule has 28 heavy (non-hydrogen) atoms. The fourth-order valence-corrected chi connectivity index (χ4v) is 4.67. The first-order chi connectivity index (χ1) is 13.6. The molecule has 1 aliphatic rings. The summed E-state index contributed by atoms with van der Waals surface area (Å²) in [5.74, 6) is 0. The van der Waals surface area contributed by atoms with Crippen molar-refractivity contribution in [1.29, 1.82) is 0 Å². The van der Waals surface area contributed by atoms with Gasteiger partial charge in [0.2, 0.25) is 0 Å². The van der Waals surface area contributed by atoms with E-state index in [1.807, 2.05) is 18.2 Å². The van der Waals surface area contributed by atoms with E-state index in [4.69, 9.17) is 11.5 Å². The van der Waals surface area contributed by atoms with Crippen LogP contribution in [0.3, 0.4) is 0 Å². The molecule has 0 saturated heterocycles. The Balaban J connectivity index is 1.95. The molecule has 0 saturated carbocycles. The van der Waals surface area contributed by atoms with Gasteiger partial charge in [-0.2, -0.15) is 0 Å². The lowest BCUT2D eigenvalue weighted by molar-refractivity contribution is 0.768. The number of nitrogens with two attached hydrogens (primary N) is 2. The van der Waals surface area contributed by atoms with E-state index in [0.717, 1.165) is 16.9 Å². The van der Waals surface area contributed by atoms with Gasteiger partial charge in [0.15, 0.2) is 0 Å². The number of benzene rings is 4. The van der Waals surface area contributed by atoms with E-state index in [9.17, 15) is 0 Å². The van der Waals surface area contributed by atoms with Crippen LogP contribution >= 0.6 is 0 Å². The smallest absolute Gasteiger partial charge is 0.0713 e. The quantitative estimate of drug-likeness (QED) is 0.406. The summed E-state index contributed by atoms with van der Waals surface area (Å²) in [5, 5.41) is 0. The number of fused-ring (bicyclic) bond motifs is 3. The summed E-state index contributed by atoms with van der Waals surface area (Å²) in [6.45, 7) is 2.07. The first-order valence-corrected chi connectivity index (χ1v) is 9.54. The molecule has 0 spiro atoms. The molecule has 4 N–H and O–H groups in total. The van der Waals surface area contributed by atoms with Crippen LogP contribution in [0.4, 0.5) is 11.4 Å². The Hall–Kier alpha value is -3.52. The van der Waals surface area contributed by atoms with Crippen LogP contribution in [-0.4, -0.2) is 0 Å². The van der Waals surface area contributed by atoms with E-state index >= 15 is 0 Å². The third kappa shape index (κ3) is 2.15. The van der Waals surface area contributed by atoms with Crippen molar-refractivity contribution in [2.45, 2.75) is 12.3 Å². The van der Waals surface area contributed by atoms with Crippen LogP contribution in [0, 0.1) is 6.92 Å². The van der Waals surface area contributed by atoms with Crippen molar-refractivity contribution in [1.82, 2.24) is 0 Å². The summed E-state index contributed by atoms with van der Waals surface area (Å²) in [6, 6.07) is 32.1. The topological polar surface area (TPSA) is 52.0 Å².